The molecule has 0 radical (unpaired) electrons. The number of ether oxygens (including phenoxy) is 2. The minimum Gasteiger partial charge on any atom is -0.486 e. The van der Waals surface area contributed by atoms with Gasteiger partial charge in [-0.3, -0.25) is 4.79 Å². The van der Waals surface area contributed by atoms with Gasteiger partial charge in [-0.25, -0.2) is 0 Å². The van der Waals surface area contributed by atoms with E-state index in [1.54, 1.807) is 12.1 Å². The molecule has 1 aromatic carbocycles. The summed E-state index contributed by atoms with van der Waals surface area (Å²) < 4.78 is 10.8. The molecule has 1 aliphatic heterocycles. The maximum atomic E-state index is 11.8. The molecular formula is C12H13ClN2O3. The quantitative estimate of drug-likeness (QED) is 0.853. The molecule has 0 unspecified atom stereocenters. The predicted octanol–water partition coefficient (Wildman–Crippen LogP) is 1.54. The molecule has 5 nitrogen and oxygen atoms in total. The van der Waals surface area contributed by atoms with Crippen LogP contribution in [0.3, 0.4) is 0 Å². The van der Waals surface area contributed by atoms with Crippen molar-refractivity contribution in [2.75, 3.05) is 18.5 Å². The van der Waals surface area contributed by atoms with E-state index in [1.165, 1.54) is 0 Å². The summed E-state index contributed by atoms with van der Waals surface area (Å²) in [7, 11) is 0. The highest BCUT2D eigenvalue weighted by Crippen LogP contribution is 2.39. The lowest BCUT2D eigenvalue weighted by Gasteiger charge is -2.20. The fourth-order valence-electron chi connectivity index (χ4n) is 1.77. The second kappa shape index (κ2) is 4.03. The van der Waals surface area contributed by atoms with Crippen LogP contribution in [-0.4, -0.2) is 24.7 Å². The van der Waals surface area contributed by atoms with Gasteiger partial charge in [0.1, 0.15) is 13.2 Å². The number of carbonyl (C=O) groups is 1. The molecule has 6 heteroatoms. The second-order valence-corrected chi connectivity index (χ2v) is 4.99. The first-order chi connectivity index (χ1) is 8.58. The molecule has 0 aromatic heterocycles. The van der Waals surface area contributed by atoms with E-state index >= 15 is 0 Å². The molecule has 1 heterocycles. The molecule has 0 spiro atoms. The van der Waals surface area contributed by atoms with Gasteiger partial charge >= 0.3 is 0 Å². The predicted molar refractivity (Wildman–Crippen MR) is 67.2 cm³/mol. The van der Waals surface area contributed by atoms with Crippen molar-refractivity contribution >= 4 is 23.2 Å². The maximum absolute atomic E-state index is 11.8. The van der Waals surface area contributed by atoms with Crippen LogP contribution in [0.2, 0.25) is 5.02 Å². The summed E-state index contributed by atoms with van der Waals surface area (Å²) in [5.74, 6) is 0.974. The summed E-state index contributed by atoms with van der Waals surface area (Å²) in [5, 5.41) is 3.15. The Balaban J connectivity index is 1.85. The molecule has 96 valence electrons. The van der Waals surface area contributed by atoms with Crippen molar-refractivity contribution in [3.63, 3.8) is 0 Å². The normalized spacial score (nSPS) is 19.2. The summed E-state index contributed by atoms with van der Waals surface area (Å²) in [6, 6.07) is 3.31. The van der Waals surface area contributed by atoms with Gasteiger partial charge in [0.05, 0.1) is 16.2 Å². The lowest BCUT2D eigenvalue weighted by molar-refractivity contribution is -0.118. The van der Waals surface area contributed by atoms with Gasteiger partial charge in [-0.05, 0) is 12.8 Å². The molecule has 18 heavy (non-hydrogen) atoms. The first-order valence-corrected chi connectivity index (χ1v) is 6.16. The van der Waals surface area contributed by atoms with Crippen LogP contribution in [0.4, 0.5) is 5.69 Å². The number of anilines is 1. The van der Waals surface area contributed by atoms with Crippen molar-refractivity contribution in [2.24, 2.45) is 5.73 Å². The van der Waals surface area contributed by atoms with Gasteiger partial charge in [0.2, 0.25) is 5.91 Å². The lowest BCUT2D eigenvalue weighted by Crippen LogP contribution is -2.37. The van der Waals surface area contributed by atoms with E-state index in [9.17, 15) is 4.79 Å². The van der Waals surface area contributed by atoms with Gasteiger partial charge in [-0.2, -0.15) is 0 Å². The monoisotopic (exact) mass is 268 g/mol. The van der Waals surface area contributed by atoms with Crippen LogP contribution in [0.1, 0.15) is 12.8 Å². The van der Waals surface area contributed by atoms with E-state index < -0.39 is 5.54 Å². The standard InChI is InChI=1S/C12H13ClN2O3/c13-7-5-9-10(18-4-3-17-9)6-8(7)15-11(16)12(14)1-2-12/h5-6H,1-4,14H2,(H,15,16). The van der Waals surface area contributed by atoms with E-state index in [0.29, 0.717) is 48.3 Å². The van der Waals surface area contributed by atoms with Crippen LogP contribution in [0.25, 0.3) is 0 Å². The van der Waals surface area contributed by atoms with Crippen molar-refractivity contribution in [1.29, 1.82) is 0 Å². The van der Waals surface area contributed by atoms with Gasteiger partial charge < -0.3 is 20.5 Å². The fourth-order valence-corrected chi connectivity index (χ4v) is 1.97. The molecule has 1 saturated carbocycles. The molecule has 0 saturated heterocycles. The molecule has 1 aliphatic carbocycles. The van der Waals surface area contributed by atoms with Gasteiger partial charge in [0.15, 0.2) is 11.5 Å². The molecule has 1 fully saturated rings. The van der Waals surface area contributed by atoms with Gasteiger partial charge in [0, 0.05) is 12.1 Å². The molecule has 0 bridgehead atoms. The Morgan fingerprint density at radius 2 is 1.89 bits per heavy atom. The van der Waals surface area contributed by atoms with Crippen molar-refractivity contribution in [3.05, 3.63) is 17.2 Å². The minimum atomic E-state index is -0.726. The highest BCUT2D eigenvalue weighted by atomic mass is 35.5. The van der Waals surface area contributed by atoms with Gasteiger partial charge in [0.25, 0.3) is 0 Å². The minimum absolute atomic E-state index is 0.207. The lowest BCUT2D eigenvalue weighted by atomic mass is 10.2. The van der Waals surface area contributed by atoms with Crippen LogP contribution in [0.5, 0.6) is 11.5 Å². The zero-order chi connectivity index (χ0) is 12.8. The first-order valence-electron chi connectivity index (χ1n) is 5.78. The number of benzene rings is 1. The summed E-state index contributed by atoms with van der Waals surface area (Å²) in [4.78, 5) is 11.8. The Hall–Kier alpha value is -1.46. The number of rotatable bonds is 2. The number of hydrogen-bond donors (Lipinski definition) is 2. The summed E-state index contributed by atoms with van der Waals surface area (Å²) in [6.45, 7) is 0.990. The average molecular weight is 269 g/mol. The zero-order valence-electron chi connectivity index (χ0n) is 9.66. The summed E-state index contributed by atoms with van der Waals surface area (Å²) >= 11 is 6.08. The molecule has 3 N–H and O–H groups in total. The molecule has 2 aliphatic rings. The Morgan fingerprint density at radius 3 is 2.50 bits per heavy atom. The van der Waals surface area contributed by atoms with E-state index in [0.717, 1.165) is 0 Å². The first kappa shape index (κ1) is 11.6. The highest BCUT2D eigenvalue weighted by molar-refractivity contribution is 6.34. The Bertz CT molecular complexity index is 514. The largest absolute Gasteiger partial charge is 0.486 e. The Kier molecular flexibility index (Phi) is 2.60. The van der Waals surface area contributed by atoms with E-state index in [-0.39, 0.29) is 5.91 Å². The average Bonchev–Trinajstić information content (AvgIpc) is 3.10. The van der Waals surface area contributed by atoms with E-state index in [4.69, 9.17) is 26.8 Å². The van der Waals surface area contributed by atoms with Crippen molar-refractivity contribution < 1.29 is 14.3 Å². The maximum Gasteiger partial charge on any atom is 0.244 e. The van der Waals surface area contributed by atoms with Crippen LogP contribution in [0, 0.1) is 0 Å². The Labute approximate surface area is 109 Å². The van der Waals surface area contributed by atoms with E-state index in [1.807, 2.05) is 0 Å². The molecule has 1 amide bonds. The molecule has 0 atom stereocenters. The SMILES string of the molecule is NC1(C(=O)Nc2cc3c(cc2Cl)OCCO3)CC1. The van der Waals surface area contributed by atoms with Crippen LogP contribution in [-0.2, 0) is 4.79 Å². The number of nitrogens with one attached hydrogen (secondary N) is 1. The van der Waals surface area contributed by atoms with Crippen LogP contribution >= 0.6 is 11.6 Å². The summed E-state index contributed by atoms with van der Waals surface area (Å²) in [6.07, 6.45) is 1.42. The number of nitrogens with two attached hydrogens (primary N) is 1. The van der Waals surface area contributed by atoms with Crippen molar-refractivity contribution in [3.8, 4) is 11.5 Å². The van der Waals surface area contributed by atoms with E-state index in [2.05, 4.69) is 5.32 Å². The number of hydrogen-bond acceptors (Lipinski definition) is 4. The molecule has 1 aromatic rings. The number of fused-ring (bicyclic) bond motifs is 1. The van der Waals surface area contributed by atoms with Gasteiger partial charge in [-0.1, -0.05) is 11.6 Å². The number of amides is 1. The Morgan fingerprint density at radius 1 is 1.28 bits per heavy atom. The van der Waals surface area contributed by atoms with Crippen molar-refractivity contribution in [1.82, 2.24) is 0 Å². The van der Waals surface area contributed by atoms with Crippen LogP contribution in [0.15, 0.2) is 12.1 Å². The smallest absolute Gasteiger partial charge is 0.244 e. The number of halogens is 1. The second-order valence-electron chi connectivity index (χ2n) is 4.59. The highest BCUT2D eigenvalue weighted by Gasteiger charge is 2.46. The third-order valence-electron chi connectivity index (χ3n) is 3.12. The van der Waals surface area contributed by atoms with Crippen molar-refractivity contribution in [2.45, 2.75) is 18.4 Å². The zero-order valence-corrected chi connectivity index (χ0v) is 10.4. The third kappa shape index (κ3) is 2.00. The fraction of sp³-hybridized carbons (Fsp3) is 0.417. The van der Waals surface area contributed by atoms with Gasteiger partial charge in [-0.15, -0.1) is 0 Å². The molecular weight excluding hydrogens is 256 g/mol. The number of carbonyl (C=O) groups excluding carboxylic acids is 1. The third-order valence-corrected chi connectivity index (χ3v) is 3.43. The molecule has 3 rings (SSSR count). The van der Waals surface area contributed by atoms with Crippen LogP contribution < -0.4 is 20.5 Å². The topological polar surface area (TPSA) is 73.6 Å². The summed E-state index contributed by atoms with van der Waals surface area (Å²) in [5.41, 5.74) is 5.59.